The topological polar surface area (TPSA) is 35.2 Å². The molecule has 110 valence electrons. The maximum Gasteiger partial charge on any atom is 0.0783 e. The molecule has 3 heteroatoms. The van der Waals surface area contributed by atoms with Crippen LogP contribution in [0.15, 0.2) is 30.3 Å². The smallest absolute Gasteiger partial charge is 0.0783 e. The summed E-state index contributed by atoms with van der Waals surface area (Å²) in [5.74, 6) is 3.08. The highest BCUT2D eigenvalue weighted by atomic mass is 32.2. The molecule has 3 rings (SSSR count). The predicted octanol–water partition coefficient (Wildman–Crippen LogP) is 3.25. The zero-order chi connectivity index (χ0) is 13.8. The molecule has 2 aliphatic heterocycles. The van der Waals surface area contributed by atoms with Gasteiger partial charge in [0.1, 0.15) is 0 Å². The van der Waals surface area contributed by atoms with Gasteiger partial charge in [0, 0.05) is 18.4 Å². The van der Waals surface area contributed by atoms with E-state index in [1.165, 1.54) is 29.9 Å². The Morgan fingerprint density at radius 2 is 2.20 bits per heavy atom. The molecular weight excluding hydrogens is 266 g/mol. The van der Waals surface area contributed by atoms with E-state index in [9.17, 15) is 0 Å². The molecule has 20 heavy (non-hydrogen) atoms. The Bertz CT molecular complexity index is 416. The van der Waals surface area contributed by atoms with Crippen molar-refractivity contribution in [1.82, 2.24) is 0 Å². The molecule has 2 N–H and O–H groups in total. The molecule has 1 aromatic rings. The van der Waals surface area contributed by atoms with Crippen molar-refractivity contribution in [2.75, 3.05) is 18.1 Å². The van der Waals surface area contributed by atoms with Gasteiger partial charge in [-0.3, -0.25) is 0 Å². The first-order chi connectivity index (χ1) is 9.77. The minimum atomic E-state index is 0.165. The zero-order valence-corrected chi connectivity index (χ0v) is 12.9. The third-order valence-electron chi connectivity index (χ3n) is 4.81. The van der Waals surface area contributed by atoms with E-state index in [1.54, 1.807) is 0 Å². The van der Waals surface area contributed by atoms with Crippen molar-refractivity contribution in [3.8, 4) is 0 Å². The van der Waals surface area contributed by atoms with Crippen LogP contribution in [0.1, 0.15) is 31.2 Å². The number of hydrogen-bond acceptors (Lipinski definition) is 3. The van der Waals surface area contributed by atoms with Gasteiger partial charge in [-0.2, -0.15) is 11.8 Å². The second kappa shape index (κ2) is 6.50. The molecule has 2 saturated heterocycles. The molecule has 3 unspecified atom stereocenters. The van der Waals surface area contributed by atoms with Gasteiger partial charge in [0.15, 0.2) is 0 Å². The van der Waals surface area contributed by atoms with Crippen molar-refractivity contribution >= 4 is 11.8 Å². The molecule has 2 heterocycles. The van der Waals surface area contributed by atoms with Crippen LogP contribution in [0.5, 0.6) is 0 Å². The molecule has 0 amide bonds. The van der Waals surface area contributed by atoms with Crippen LogP contribution in [-0.4, -0.2) is 29.8 Å². The number of rotatable bonds is 4. The largest absolute Gasteiger partial charge is 0.374 e. The normalized spacial score (nSPS) is 31.6. The average molecular weight is 291 g/mol. The lowest BCUT2D eigenvalue weighted by Crippen LogP contribution is -2.45. The minimum absolute atomic E-state index is 0.165. The molecule has 0 aromatic heterocycles. The second-order valence-corrected chi connectivity index (χ2v) is 7.38. The highest BCUT2D eigenvalue weighted by Crippen LogP contribution is 2.41. The molecular formula is C17H25NOS. The minimum Gasteiger partial charge on any atom is -0.374 e. The van der Waals surface area contributed by atoms with Crippen molar-refractivity contribution in [1.29, 1.82) is 0 Å². The van der Waals surface area contributed by atoms with Crippen LogP contribution in [0, 0.1) is 5.92 Å². The van der Waals surface area contributed by atoms with E-state index in [2.05, 4.69) is 30.3 Å². The van der Waals surface area contributed by atoms with Crippen LogP contribution in [0.2, 0.25) is 0 Å². The van der Waals surface area contributed by atoms with E-state index in [0.29, 0.717) is 12.0 Å². The fraction of sp³-hybridized carbons (Fsp3) is 0.647. The number of hydrogen-bond donors (Lipinski definition) is 1. The van der Waals surface area contributed by atoms with E-state index in [-0.39, 0.29) is 5.60 Å². The first-order valence-electron chi connectivity index (χ1n) is 7.79. The highest BCUT2D eigenvalue weighted by molar-refractivity contribution is 7.99. The van der Waals surface area contributed by atoms with Gasteiger partial charge in [-0.05, 0) is 49.3 Å². The Kier molecular flexibility index (Phi) is 4.69. The third kappa shape index (κ3) is 3.38. The quantitative estimate of drug-likeness (QED) is 0.925. The van der Waals surface area contributed by atoms with Gasteiger partial charge in [-0.1, -0.05) is 30.3 Å². The van der Waals surface area contributed by atoms with Gasteiger partial charge in [-0.25, -0.2) is 0 Å². The van der Waals surface area contributed by atoms with Crippen molar-refractivity contribution in [3.63, 3.8) is 0 Å². The monoisotopic (exact) mass is 291 g/mol. The molecule has 1 aromatic carbocycles. The highest BCUT2D eigenvalue weighted by Gasteiger charge is 2.41. The molecule has 0 radical (unpaired) electrons. The summed E-state index contributed by atoms with van der Waals surface area (Å²) < 4.78 is 6.09. The second-order valence-electron chi connectivity index (χ2n) is 6.28. The molecule has 0 saturated carbocycles. The Balaban J connectivity index is 1.53. The van der Waals surface area contributed by atoms with Crippen molar-refractivity contribution in [3.05, 3.63) is 35.9 Å². The standard InChI is InChI=1S/C17H25NOS/c18-16(7-6-14-4-2-1-3-5-14)15-8-10-19-17(12-15)9-11-20-13-17/h1-5,15-16H,6-13,18H2. The molecule has 3 atom stereocenters. The maximum absolute atomic E-state index is 6.48. The van der Waals surface area contributed by atoms with Crippen LogP contribution in [-0.2, 0) is 11.2 Å². The van der Waals surface area contributed by atoms with Gasteiger partial charge in [-0.15, -0.1) is 0 Å². The number of ether oxygens (including phenoxy) is 1. The molecule has 2 aliphatic rings. The number of aryl methyl sites for hydroxylation is 1. The zero-order valence-electron chi connectivity index (χ0n) is 12.1. The maximum atomic E-state index is 6.48. The summed E-state index contributed by atoms with van der Waals surface area (Å²) in [6, 6.07) is 11.0. The number of benzene rings is 1. The summed E-state index contributed by atoms with van der Waals surface area (Å²) in [6.45, 7) is 0.907. The summed E-state index contributed by atoms with van der Waals surface area (Å²) in [7, 11) is 0. The van der Waals surface area contributed by atoms with Crippen LogP contribution < -0.4 is 5.73 Å². The van der Waals surface area contributed by atoms with Crippen LogP contribution in [0.25, 0.3) is 0 Å². The summed E-state index contributed by atoms with van der Waals surface area (Å²) >= 11 is 2.04. The van der Waals surface area contributed by atoms with Crippen LogP contribution >= 0.6 is 11.8 Å². The molecule has 1 spiro atoms. The Morgan fingerprint density at radius 3 is 2.95 bits per heavy atom. The lowest BCUT2D eigenvalue weighted by Gasteiger charge is -2.40. The molecule has 2 nitrogen and oxygen atoms in total. The average Bonchev–Trinajstić information content (AvgIpc) is 2.93. The third-order valence-corrected chi connectivity index (χ3v) is 6.04. The fourth-order valence-electron chi connectivity index (χ4n) is 3.51. The fourth-order valence-corrected chi connectivity index (χ4v) is 4.89. The lowest BCUT2D eigenvalue weighted by atomic mass is 9.80. The van der Waals surface area contributed by atoms with Gasteiger partial charge >= 0.3 is 0 Å². The summed E-state index contributed by atoms with van der Waals surface area (Å²) in [5.41, 5.74) is 8.05. The number of nitrogens with two attached hydrogens (primary N) is 1. The first-order valence-corrected chi connectivity index (χ1v) is 8.94. The predicted molar refractivity (Wildman–Crippen MR) is 86.1 cm³/mol. The Hall–Kier alpha value is -0.510. The molecule has 0 bridgehead atoms. The van der Waals surface area contributed by atoms with E-state index in [4.69, 9.17) is 10.5 Å². The summed E-state index contributed by atoms with van der Waals surface area (Å²) in [5, 5.41) is 0. The van der Waals surface area contributed by atoms with E-state index < -0.39 is 0 Å². The van der Waals surface area contributed by atoms with Gasteiger partial charge in [0.05, 0.1) is 5.60 Å². The van der Waals surface area contributed by atoms with Crippen molar-refractivity contribution in [2.24, 2.45) is 11.7 Å². The van der Waals surface area contributed by atoms with E-state index >= 15 is 0 Å². The lowest BCUT2D eigenvalue weighted by molar-refractivity contribution is -0.0834. The van der Waals surface area contributed by atoms with E-state index in [0.717, 1.165) is 25.9 Å². The first kappa shape index (κ1) is 14.4. The van der Waals surface area contributed by atoms with Gasteiger partial charge in [0.25, 0.3) is 0 Å². The molecule has 2 fully saturated rings. The molecule has 0 aliphatic carbocycles. The summed E-state index contributed by atoms with van der Waals surface area (Å²) in [6.07, 6.45) is 5.73. The van der Waals surface area contributed by atoms with E-state index in [1.807, 2.05) is 11.8 Å². The SMILES string of the molecule is NC(CCc1ccccc1)C1CCOC2(CCSC2)C1. The Morgan fingerprint density at radius 1 is 1.35 bits per heavy atom. The Labute approximate surface area is 126 Å². The van der Waals surface area contributed by atoms with Crippen LogP contribution in [0.4, 0.5) is 0 Å². The number of thioether (sulfide) groups is 1. The van der Waals surface area contributed by atoms with Crippen molar-refractivity contribution in [2.45, 2.75) is 43.7 Å². The summed E-state index contributed by atoms with van der Waals surface area (Å²) in [4.78, 5) is 0. The van der Waals surface area contributed by atoms with Gasteiger partial charge < -0.3 is 10.5 Å². The van der Waals surface area contributed by atoms with Gasteiger partial charge in [0.2, 0.25) is 0 Å². The van der Waals surface area contributed by atoms with Crippen LogP contribution in [0.3, 0.4) is 0 Å². The van der Waals surface area contributed by atoms with Crippen molar-refractivity contribution < 1.29 is 4.74 Å².